The van der Waals surface area contributed by atoms with Crippen molar-refractivity contribution in [2.24, 2.45) is 0 Å². The summed E-state index contributed by atoms with van der Waals surface area (Å²) < 4.78 is 0. The zero-order valence-corrected chi connectivity index (χ0v) is 9.39. The number of hydrogen-bond donors (Lipinski definition) is 0. The summed E-state index contributed by atoms with van der Waals surface area (Å²) in [7, 11) is 0. The molecule has 82 valence electrons. The molecule has 2 heterocycles. The molecule has 1 saturated heterocycles. The Morgan fingerprint density at radius 2 is 1.81 bits per heavy atom. The lowest BCUT2D eigenvalue weighted by atomic mass is 10.1. The quantitative estimate of drug-likeness (QED) is 0.721. The van der Waals surface area contributed by atoms with Crippen molar-refractivity contribution in [2.75, 3.05) is 18.0 Å². The lowest BCUT2D eigenvalue weighted by molar-refractivity contribution is 0.578. The summed E-state index contributed by atoms with van der Waals surface area (Å²) in [6.07, 6.45) is 7.83. The van der Waals surface area contributed by atoms with Gasteiger partial charge in [0.25, 0.3) is 0 Å². The van der Waals surface area contributed by atoms with E-state index in [9.17, 15) is 0 Å². The molecule has 1 fully saturated rings. The third-order valence-electron chi connectivity index (χ3n) is 3.35. The molecule has 16 heavy (non-hydrogen) atoms. The predicted molar refractivity (Wildman–Crippen MR) is 67.8 cm³/mol. The van der Waals surface area contributed by atoms with Crippen LogP contribution in [-0.4, -0.2) is 18.1 Å². The first-order valence-corrected chi connectivity index (χ1v) is 6.02. The molecule has 1 aliphatic heterocycles. The van der Waals surface area contributed by atoms with Crippen molar-refractivity contribution >= 4 is 16.5 Å². The normalized spacial score (nSPS) is 16.6. The second-order valence-electron chi connectivity index (χ2n) is 4.45. The molecule has 0 atom stereocenters. The second kappa shape index (κ2) is 4.12. The smallest absolute Gasteiger partial charge is 0.0372 e. The molecule has 1 aromatic carbocycles. The minimum absolute atomic E-state index is 1.20. The Balaban J connectivity index is 1.97. The molecule has 1 aromatic heterocycles. The van der Waals surface area contributed by atoms with Gasteiger partial charge in [-0.1, -0.05) is 6.07 Å². The summed E-state index contributed by atoms with van der Waals surface area (Å²) in [5, 5.41) is 2.52. The van der Waals surface area contributed by atoms with Gasteiger partial charge in [-0.05, 0) is 42.8 Å². The van der Waals surface area contributed by atoms with Crippen LogP contribution in [0.1, 0.15) is 19.3 Å². The molecule has 2 nitrogen and oxygen atoms in total. The van der Waals surface area contributed by atoms with Gasteiger partial charge in [-0.15, -0.1) is 0 Å². The topological polar surface area (TPSA) is 16.1 Å². The summed E-state index contributed by atoms with van der Waals surface area (Å²) in [4.78, 5) is 6.63. The lowest BCUT2D eigenvalue weighted by Crippen LogP contribution is -2.29. The van der Waals surface area contributed by atoms with Crippen molar-refractivity contribution in [3.8, 4) is 0 Å². The summed E-state index contributed by atoms with van der Waals surface area (Å²) >= 11 is 0. The highest BCUT2D eigenvalue weighted by Crippen LogP contribution is 2.24. The molecular formula is C14H16N2. The van der Waals surface area contributed by atoms with Crippen LogP contribution in [0.15, 0.2) is 36.7 Å². The Morgan fingerprint density at radius 3 is 2.69 bits per heavy atom. The van der Waals surface area contributed by atoms with Gasteiger partial charge in [-0.2, -0.15) is 0 Å². The van der Waals surface area contributed by atoms with Crippen molar-refractivity contribution in [3.63, 3.8) is 0 Å². The fraction of sp³-hybridized carbons (Fsp3) is 0.357. The molecule has 0 amide bonds. The van der Waals surface area contributed by atoms with E-state index >= 15 is 0 Å². The number of aromatic nitrogens is 1. The summed E-state index contributed by atoms with van der Waals surface area (Å²) in [5.41, 5.74) is 1.36. The molecule has 0 saturated carbocycles. The third kappa shape index (κ3) is 1.75. The Labute approximate surface area is 95.9 Å². The molecule has 3 rings (SSSR count). The molecule has 0 radical (unpaired) electrons. The SMILES string of the molecule is c1cc2cc(N3CCCCC3)ccc2cn1. The summed E-state index contributed by atoms with van der Waals surface area (Å²) in [5.74, 6) is 0. The molecule has 0 unspecified atom stereocenters. The van der Waals surface area contributed by atoms with E-state index in [0.717, 1.165) is 0 Å². The average molecular weight is 212 g/mol. The van der Waals surface area contributed by atoms with Crippen LogP contribution in [0.25, 0.3) is 10.8 Å². The largest absolute Gasteiger partial charge is 0.372 e. The van der Waals surface area contributed by atoms with Gasteiger partial charge in [0.05, 0.1) is 0 Å². The van der Waals surface area contributed by atoms with Crippen molar-refractivity contribution in [1.29, 1.82) is 0 Å². The first-order chi connectivity index (χ1) is 7.93. The summed E-state index contributed by atoms with van der Waals surface area (Å²) in [6, 6.07) is 8.76. The van der Waals surface area contributed by atoms with Crippen LogP contribution in [0.4, 0.5) is 5.69 Å². The van der Waals surface area contributed by atoms with Crippen LogP contribution >= 0.6 is 0 Å². The number of rotatable bonds is 1. The maximum atomic E-state index is 4.14. The van der Waals surface area contributed by atoms with E-state index in [4.69, 9.17) is 0 Å². The van der Waals surface area contributed by atoms with Crippen LogP contribution in [0.2, 0.25) is 0 Å². The number of benzene rings is 1. The maximum Gasteiger partial charge on any atom is 0.0372 e. The van der Waals surface area contributed by atoms with Gasteiger partial charge < -0.3 is 4.90 Å². The number of anilines is 1. The van der Waals surface area contributed by atoms with E-state index < -0.39 is 0 Å². The molecule has 0 aliphatic carbocycles. The molecule has 2 heteroatoms. The van der Waals surface area contributed by atoms with Crippen molar-refractivity contribution in [2.45, 2.75) is 19.3 Å². The van der Waals surface area contributed by atoms with E-state index in [1.165, 1.54) is 48.8 Å². The number of nitrogens with zero attached hydrogens (tertiary/aromatic N) is 2. The Bertz CT molecular complexity index is 487. The van der Waals surface area contributed by atoms with Gasteiger partial charge in [0.15, 0.2) is 0 Å². The Morgan fingerprint density at radius 1 is 0.938 bits per heavy atom. The maximum absolute atomic E-state index is 4.14. The zero-order chi connectivity index (χ0) is 10.8. The average Bonchev–Trinajstić information content (AvgIpc) is 2.39. The van der Waals surface area contributed by atoms with Crippen LogP contribution in [0.5, 0.6) is 0 Å². The van der Waals surface area contributed by atoms with Crippen molar-refractivity contribution in [1.82, 2.24) is 4.98 Å². The Hall–Kier alpha value is -1.57. The van der Waals surface area contributed by atoms with Gasteiger partial charge in [0.1, 0.15) is 0 Å². The van der Waals surface area contributed by atoms with Gasteiger partial charge in [0.2, 0.25) is 0 Å². The van der Waals surface area contributed by atoms with Crippen molar-refractivity contribution in [3.05, 3.63) is 36.7 Å². The standard InChI is InChI=1S/C14H16N2/c1-2-8-16(9-3-1)14-5-4-13-11-15-7-6-12(13)10-14/h4-7,10-11H,1-3,8-9H2. The fourth-order valence-electron chi connectivity index (χ4n) is 2.42. The highest BCUT2D eigenvalue weighted by atomic mass is 15.1. The predicted octanol–water partition coefficient (Wildman–Crippen LogP) is 3.23. The molecule has 0 N–H and O–H groups in total. The van der Waals surface area contributed by atoms with Crippen LogP contribution in [-0.2, 0) is 0 Å². The van der Waals surface area contributed by atoms with Gasteiger partial charge in [0, 0.05) is 36.6 Å². The van der Waals surface area contributed by atoms with Crippen molar-refractivity contribution < 1.29 is 0 Å². The summed E-state index contributed by atoms with van der Waals surface area (Å²) in [6.45, 7) is 2.41. The van der Waals surface area contributed by atoms with Crippen LogP contribution in [0.3, 0.4) is 0 Å². The molecule has 0 spiro atoms. The van der Waals surface area contributed by atoms with E-state index in [0.29, 0.717) is 0 Å². The minimum Gasteiger partial charge on any atom is -0.372 e. The Kier molecular flexibility index (Phi) is 2.49. The number of pyridine rings is 1. The van der Waals surface area contributed by atoms with Crippen LogP contribution < -0.4 is 4.90 Å². The zero-order valence-electron chi connectivity index (χ0n) is 9.39. The van der Waals surface area contributed by atoms with Gasteiger partial charge in [-0.25, -0.2) is 0 Å². The third-order valence-corrected chi connectivity index (χ3v) is 3.35. The molecule has 1 aliphatic rings. The van der Waals surface area contributed by atoms with Crippen LogP contribution in [0, 0.1) is 0 Å². The number of hydrogen-bond acceptors (Lipinski definition) is 2. The molecule has 2 aromatic rings. The first kappa shape index (κ1) is 9.64. The minimum atomic E-state index is 1.20. The van der Waals surface area contributed by atoms with E-state index in [2.05, 4.69) is 34.1 Å². The lowest BCUT2D eigenvalue weighted by Gasteiger charge is -2.29. The highest BCUT2D eigenvalue weighted by molar-refractivity contribution is 5.85. The fourth-order valence-corrected chi connectivity index (χ4v) is 2.42. The first-order valence-electron chi connectivity index (χ1n) is 6.02. The van der Waals surface area contributed by atoms with E-state index in [-0.39, 0.29) is 0 Å². The van der Waals surface area contributed by atoms with E-state index in [1.807, 2.05) is 12.4 Å². The van der Waals surface area contributed by atoms with Gasteiger partial charge in [-0.3, -0.25) is 4.98 Å². The van der Waals surface area contributed by atoms with Gasteiger partial charge >= 0.3 is 0 Å². The highest BCUT2D eigenvalue weighted by Gasteiger charge is 2.10. The number of piperidine rings is 1. The number of fused-ring (bicyclic) bond motifs is 1. The molecular weight excluding hydrogens is 196 g/mol. The van der Waals surface area contributed by atoms with E-state index in [1.54, 1.807) is 0 Å². The molecule has 0 bridgehead atoms. The second-order valence-corrected chi connectivity index (χ2v) is 4.45. The monoisotopic (exact) mass is 212 g/mol.